The van der Waals surface area contributed by atoms with Crippen molar-refractivity contribution in [2.75, 3.05) is 11.9 Å². The summed E-state index contributed by atoms with van der Waals surface area (Å²) in [7, 11) is 0. The van der Waals surface area contributed by atoms with Gasteiger partial charge in [-0.05, 0) is 24.6 Å². The first-order valence-electron chi connectivity index (χ1n) is 5.08. The monoisotopic (exact) mass is 236 g/mol. The normalized spacial score (nSPS) is 10.4. The number of hydrogen-bond donors (Lipinski definition) is 1. The second-order valence-electron chi connectivity index (χ2n) is 3.57. The van der Waals surface area contributed by atoms with Gasteiger partial charge in [-0.1, -0.05) is 11.6 Å². The van der Waals surface area contributed by atoms with E-state index in [1.54, 1.807) is 6.20 Å². The van der Waals surface area contributed by atoms with Crippen LogP contribution in [0.25, 0.3) is 0 Å². The Balaban J connectivity index is 1.82. The summed E-state index contributed by atoms with van der Waals surface area (Å²) in [5, 5.41) is 8.04. The van der Waals surface area contributed by atoms with Gasteiger partial charge in [-0.3, -0.25) is 4.68 Å². The molecule has 2 heterocycles. The fourth-order valence-corrected chi connectivity index (χ4v) is 1.48. The van der Waals surface area contributed by atoms with Gasteiger partial charge in [-0.2, -0.15) is 5.10 Å². The van der Waals surface area contributed by atoms with Crippen LogP contribution < -0.4 is 5.32 Å². The Morgan fingerprint density at radius 3 is 2.88 bits per heavy atom. The van der Waals surface area contributed by atoms with Crippen LogP contribution >= 0.6 is 11.6 Å². The zero-order valence-corrected chi connectivity index (χ0v) is 9.78. The van der Waals surface area contributed by atoms with E-state index in [-0.39, 0.29) is 0 Å². The van der Waals surface area contributed by atoms with Crippen LogP contribution in [-0.2, 0) is 6.54 Å². The molecule has 0 atom stereocenters. The van der Waals surface area contributed by atoms with Gasteiger partial charge >= 0.3 is 0 Å². The fraction of sp³-hybridized carbons (Fsp3) is 0.273. The Kier molecular flexibility index (Phi) is 3.41. The summed E-state index contributed by atoms with van der Waals surface area (Å²) in [4.78, 5) is 4.14. The van der Waals surface area contributed by atoms with E-state index < -0.39 is 0 Å². The molecule has 2 rings (SSSR count). The highest BCUT2D eigenvalue weighted by Crippen LogP contribution is 2.09. The lowest BCUT2D eigenvalue weighted by Crippen LogP contribution is -2.11. The minimum absolute atomic E-state index is 0.647. The van der Waals surface area contributed by atoms with Crippen LogP contribution in [0.1, 0.15) is 5.56 Å². The molecule has 0 spiro atoms. The largest absolute Gasteiger partial charge is 0.368 e. The molecular formula is C11H13ClN4. The number of aromatic nitrogens is 3. The first-order chi connectivity index (χ1) is 7.74. The first kappa shape index (κ1) is 11.0. The quantitative estimate of drug-likeness (QED) is 0.886. The molecule has 0 amide bonds. The number of aryl methyl sites for hydroxylation is 1. The van der Waals surface area contributed by atoms with Gasteiger partial charge in [0.2, 0.25) is 0 Å². The smallest absolute Gasteiger partial charge is 0.126 e. The first-order valence-corrected chi connectivity index (χ1v) is 5.46. The third-order valence-electron chi connectivity index (χ3n) is 2.14. The van der Waals surface area contributed by atoms with E-state index in [1.807, 2.05) is 36.1 Å². The van der Waals surface area contributed by atoms with Crippen molar-refractivity contribution in [2.24, 2.45) is 0 Å². The summed E-state index contributed by atoms with van der Waals surface area (Å²) >= 11 is 5.74. The molecule has 4 nitrogen and oxygen atoms in total. The maximum absolute atomic E-state index is 5.74. The zero-order chi connectivity index (χ0) is 11.4. The molecular weight excluding hydrogens is 224 g/mol. The highest BCUT2D eigenvalue weighted by Gasteiger charge is 1.95. The van der Waals surface area contributed by atoms with Crippen molar-refractivity contribution in [1.82, 2.24) is 14.8 Å². The van der Waals surface area contributed by atoms with Gasteiger partial charge in [-0.25, -0.2) is 4.98 Å². The van der Waals surface area contributed by atoms with E-state index >= 15 is 0 Å². The minimum atomic E-state index is 0.647. The van der Waals surface area contributed by atoms with E-state index in [0.29, 0.717) is 5.02 Å². The minimum Gasteiger partial charge on any atom is -0.368 e. The summed E-state index contributed by atoms with van der Waals surface area (Å²) < 4.78 is 1.90. The van der Waals surface area contributed by atoms with Crippen molar-refractivity contribution >= 4 is 17.4 Å². The molecule has 2 aromatic rings. The Morgan fingerprint density at radius 2 is 2.25 bits per heavy atom. The van der Waals surface area contributed by atoms with Crippen LogP contribution in [0.4, 0.5) is 5.82 Å². The number of hydrogen-bond acceptors (Lipinski definition) is 3. The number of rotatable bonds is 4. The Hall–Kier alpha value is -1.55. The van der Waals surface area contributed by atoms with Crippen molar-refractivity contribution in [3.8, 4) is 0 Å². The van der Waals surface area contributed by atoms with Crippen molar-refractivity contribution in [3.63, 3.8) is 0 Å². The SMILES string of the molecule is Cc1cnn(CCNc2ccc(Cl)cn2)c1. The van der Waals surface area contributed by atoms with Crippen molar-refractivity contribution < 1.29 is 0 Å². The second-order valence-corrected chi connectivity index (χ2v) is 4.01. The third-order valence-corrected chi connectivity index (χ3v) is 2.36. The van der Waals surface area contributed by atoms with E-state index in [9.17, 15) is 0 Å². The molecule has 0 bridgehead atoms. The molecule has 0 aliphatic rings. The lowest BCUT2D eigenvalue weighted by atomic mass is 10.4. The maximum Gasteiger partial charge on any atom is 0.126 e. The Labute approximate surface area is 99.3 Å². The topological polar surface area (TPSA) is 42.7 Å². The predicted molar refractivity (Wildman–Crippen MR) is 64.7 cm³/mol. The summed E-state index contributed by atoms with van der Waals surface area (Å²) in [5.41, 5.74) is 1.17. The van der Waals surface area contributed by atoms with Gasteiger partial charge < -0.3 is 5.32 Å². The summed E-state index contributed by atoms with van der Waals surface area (Å²) in [5.74, 6) is 0.827. The van der Waals surface area contributed by atoms with E-state index in [0.717, 1.165) is 18.9 Å². The summed E-state index contributed by atoms with van der Waals surface area (Å²) in [6.45, 7) is 3.63. The van der Waals surface area contributed by atoms with Gasteiger partial charge in [0, 0.05) is 18.9 Å². The molecule has 0 radical (unpaired) electrons. The van der Waals surface area contributed by atoms with Gasteiger partial charge in [0.15, 0.2) is 0 Å². The molecule has 84 valence electrons. The number of anilines is 1. The summed E-state index contributed by atoms with van der Waals surface area (Å²) in [6, 6.07) is 3.67. The molecule has 0 fully saturated rings. The van der Waals surface area contributed by atoms with Crippen molar-refractivity contribution in [1.29, 1.82) is 0 Å². The average Bonchev–Trinajstić information content (AvgIpc) is 2.67. The fourth-order valence-electron chi connectivity index (χ4n) is 1.37. The van der Waals surface area contributed by atoms with Crippen molar-refractivity contribution in [2.45, 2.75) is 13.5 Å². The molecule has 0 aliphatic heterocycles. The third kappa shape index (κ3) is 2.97. The molecule has 0 saturated carbocycles. The van der Waals surface area contributed by atoms with Crippen LogP contribution in [0.2, 0.25) is 5.02 Å². The molecule has 0 aromatic carbocycles. The maximum atomic E-state index is 5.74. The van der Waals surface area contributed by atoms with E-state index in [2.05, 4.69) is 15.4 Å². The van der Waals surface area contributed by atoms with Gasteiger partial charge in [0.25, 0.3) is 0 Å². The number of pyridine rings is 1. The van der Waals surface area contributed by atoms with Gasteiger partial charge in [0.05, 0.1) is 17.8 Å². The standard InChI is InChI=1S/C11H13ClN4/c1-9-6-15-16(8-9)5-4-13-11-3-2-10(12)7-14-11/h2-3,6-8H,4-5H2,1H3,(H,13,14). The van der Waals surface area contributed by atoms with Gasteiger partial charge in [-0.15, -0.1) is 0 Å². The lowest BCUT2D eigenvalue weighted by molar-refractivity contribution is 0.637. The number of nitrogens with one attached hydrogen (secondary N) is 1. The van der Waals surface area contributed by atoms with E-state index in [4.69, 9.17) is 11.6 Å². The van der Waals surface area contributed by atoms with Crippen LogP contribution in [0.15, 0.2) is 30.7 Å². The number of nitrogens with zero attached hydrogens (tertiary/aromatic N) is 3. The predicted octanol–water partition coefficient (Wildman–Crippen LogP) is 2.35. The lowest BCUT2D eigenvalue weighted by Gasteiger charge is -2.05. The Bertz CT molecular complexity index is 449. The average molecular weight is 237 g/mol. The number of halogens is 1. The molecule has 0 saturated heterocycles. The second kappa shape index (κ2) is 4.99. The molecule has 2 aromatic heterocycles. The summed E-state index contributed by atoms with van der Waals surface area (Å²) in [6.07, 6.45) is 5.49. The zero-order valence-electron chi connectivity index (χ0n) is 9.02. The molecule has 0 aliphatic carbocycles. The van der Waals surface area contributed by atoms with Crippen LogP contribution in [0.3, 0.4) is 0 Å². The highest BCUT2D eigenvalue weighted by atomic mass is 35.5. The van der Waals surface area contributed by atoms with E-state index in [1.165, 1.54) is 5.56 Å². The van der Waals surface area contributed by atoms with Crippen molar-refractivity contribution in [3.05, 3.63) is 41.3 Å². The molecule has 16 heavy (non-hydrogen) atoms. The highest BCUT2D eigenvalue weighted by molar-refractivity contribution is 6.30. The molecule has 5 heteroatoms. The van der Waals surface area contributed by atoms with Crippen LogP contribution in [-0.4, -0.2) is 21.3 Å². The Morgan fingerprint density at radius 1 is 1.38 bits per heavy atom. The molecule has 0 unspecified atom stereocenters. The van der Waals surface area contributed by atoms with Crippen LogP contribution in [0.5, 0.6) is 0 Å². The van der Waals surface area contributed by atoms with Gasteiger partial charge in [0.1, 0.15) is 5.82 Å². The van der Waals surface area contributed by atoms with Crippen LogP contribution in [0, 0.1) is 6.92 Å². The molecule has 1 N–H and O–H groups in total.